The van der Waals surface area contributed by atoms with Crippen LogP contribution < -0.4 is 10.3 Å². The topological polar surface area (TPSA) is 70.4 Å². The summed E-state index contributed by atoms with van der Waals surface area (Å²) in [5, 5.41) is 4.13. The minimum atomic E-state index is -0.698. The summed E-state index contributed by atoms with van der Waals surface area (Å²) in [7, 11) is 0. The Labute approximate surface area is 154 Å². The van der Waals surface area contributed by atoms with Crippen molar-refractivity contribution in [2.24, 2.45) is 0 Å². The molecule has 0 bridgehead atoms. The molecule has 0 amide bonds. The molecule has 0 aliphatic carbocycles. The first kappa shape index (κ1) is 18.3. The Hall–Kier alpha value is -3.48. The van der Waals surface area contributed by atoms with Crippen molar-refractivity contribution in [1.82, 2.24) is 9.78 Å². The van der Waals surface area contributed by atoms with Crippen LogP contribution in [0.15, 0.2) is 65.5 Å². The van der Waals surface area contributed by atoms with Crippen molar-refractivity contribution in [3.05, 3.63) is 88.1 Å². The molecule has 0 radical (unpaired) electrons. The molecule has 1 aromatic heterocycles. The minimum absolute atomic E-state index is 0.00922. The number of hydrogen-bond acceptors (Lipinski definition) is 5. The maximum Gasteiger partial charge on any atom is 0.362 e. The molecule has 138 valence electrons. The van der Waals surface area contributed by atoms with Gasteiger partial charge in [-0.2, -0.15) is 9.78 Å². The van der Waals surface area contributed by atoms with E-state index >= 15 is 0 Å². The predicted octanol–water partition coefficient (Wildman–Crippen LogP) is 3.13. The van der Waals surface area contributed by atoms with Crippen molar-refractivity contribution in [1.29, 1.82) is 0 Å². The fraction of sp³-hybridized carbons (Fsp3) is 0.150. The summed E-state index contributed by atoms with van der Waals surface area (Å²) < 4.78 is 24.7. The van der Waals surface area contributed by atoms with E-state index < -0.39 is 11.5 Å². The van der Waals surface area contributed by atoms with Gasteiger partial charge in [-0.1, -0.05) is 30.3 Å². The molecule has 0 spiro atoms. The average molecular weight is 368 g/mol. The molecule has 7 heteroatoms. The molecule has 0 aliphatic heterocycles. The van der Waals surface area contributed by atoms with Gasteiger partial charge >= 0.3 is 5.97 Å². The van der Waals surface area contributed by atoms with E-state index in [4.69, 9.17) is 9.47 Å². The fourth-order valence-corrected chi connectivity index (χ4v) is 2.39. The molecule has 3 aromatic rings. The number of aromatic nitrogens is 2. The zero-order valence-electron chi connectivity index (χ0n) is 14.6. The van der Waals surface area contributed by atoms with Gasteiger partial charge in [0.1, 0.15) is 12.4 Å². The van der Waals surface area contributed by atoms with Gasteiger partial charge in [-0.25, -0.2) is 9.18 Å². The number of hydrogen-bond donors (Lipinski definition) is 0. The van der Waals surface area contributed by atoms with Crippen LogP contribution in [0.25, 0.3) is 5.69 Å². The molecule has 0 saturated carbocycles. The molecule has 0 fully saturated rings. The second-order valence-corrected chi connectivity index (χ2v) is 5.58. The highest BCUT2D eigenvalue weighted by Gasteiger charge is 2.20. The van der Waals surface area contributed by atoms with Gasteiger partial charge in [0.2, 0.25) is 5.69 Å². The first-order valence-corrected chi connectivity index (χ1v) is 8.32. The smallest absolute Gasteiger partial charge is 0.362 e. The van der Waals surface area contributed by atoms with Gasteiger partial charge in [0.25, 0.3) is 5.56 Å². The Morgan fingerprint density at radius 1 is 1.11 bits per heavy atom. The second-order valence-electron chi connectivity index (χ2n) is 5.58. The highest BCUT2D eigenvalue weighted by molar-refractivity contribution is 5.90. The lowest BCUT2D eigenvalue weighted by atomic mass is 10.2. The standard InChI is InChI=1S/C20H17FN2O4/c1-2-26-20(25)19-17(27-13-14-8-10-15(21)11-9-14)12-18(24)23(22-19)16-6-4-3-5-7-16/h3-12H,2,13H2,1H3. The van der Waals surface area contributed by atoms with E-state index in [9.17, 15) is 14.0 Å². The van der Waals surface area contributed by atoms with Crippen molar-refractivity contribution in [2.75, 3.05) is 6.61 Å². The van der Waals surface area contributed by atoms with Gasteiger partial charge in [-0.3, -0.25) is 4.79 Å². The maximum atomic E-state index is 13.0. The molecule has 27 heavy (non-hydrogen) atoms. The minimum Gasteiger partial charge on any atom is -0.486 e. The third kappa shape index (κ3) is 4.38. The van der Waals surface area contributed by atoms with Gasteiger partial charge in [-0.15, -0.1) is 0 Å². The van der Waals surface area contributed by atoms with Crippen molar-refractivity contribution in [2.45, 2.75) is 13.5 Å². The summed E-state index contributed by atoms with van der Waals surface area (Å²) in [6.45, 7) is 1.87. The number of carbonyl (C=O) groups is 1. The molecule has 3 rings (SSSR count). The van der Waals surface area contributed by atoms with Crippen LogP contribution in [0.4, 0.5) is 4.39 Å². The largest absolute Gasteiger partial charge is 0.486 e. The fourth-order valence-electron chi connectivity index (χ4n) is 2.39. The molecule has 0 saturated heterocycles. The molecule has 0 atom stereocenters. The van der Waals surface area contributed by atoms with E-state index in [1.807, 2.05) is 0 Å². The van der Waals surface area contributed by atoms with Crippen LogP contribution in [-0.2, 0) is 11.3 Å². The zero-order valence-corrected chi connectivity index (χ0v) is 14.6. The number of para-hydroxylation sites is 1. The average Bonchev–Trinajstić information content (AvgIpc) is 2.68. The maximum absolute atomic E-state index is 13.0. The normalized spacial score (nSPS) is 10.4. The Morgan fingerprint density at radius 3 is 2.48 bits per heavy atom. The number of ether oxygens (including phenoxy) is 2. The van der Waals surface area contributed by atoms with E-state index in [1.165, 1.54) is 18.2 Å². The summed E-state index contributed by atoms with van der Waals surface area (Å²) >= 11 is 0. The van der Waals surface area contributed by atoms with Gasteiger partial charge in [0.15, 0.2) is 5.75 Å². The molecule has 0 N–H and O–H groups in total. The number of esters is 1. The highest BCUT2D eigenvalue weighted by Crippen LogP contribution is 2.18. The Bertz CT molecular complexity index is 985. The van der Waals surface area contributed by atoms with Crippen LogP contribution in [-0.4, -0.2) is 22.4 Å². The second kappa shape index (κ2) is 8.27. The lowest BCUT2D eigenvalue weighted by Crippen LogP contribution is -2.25. The Morgan fingerprint density at radius 2 is 1.81 bits per heavy atom. The summed E-state index contributed by atoms with van der Waals surface area (Å²) in [5.41, 5.74) is 0.627. The van der Waals surface area contributed by atoms with Gasteiger partial charge in [0.05, 0.1) is 18.4 Å². The molecule has 0 aliphatic rings. The zero-order chi connectivity index (χ0) is 19.2. The number of nitrogens with zero attached hydrogens (tertiary/aromatic N) is 2. The number of rotatable bonds is 6. The summed E-state index contributed by atoms with van der Waals surface area (Å²) in [6, 6.07) is 15.6. The van der Waals surface area contributed by atoms with Crippen LogP contribution in [0.1, 0.15) is 23.0 Å². The van der Waals surface area contributed by atoms with Gasteiger partial charge in [-0.05, 0) is 36.8 Å². The van der Waals surface area contributed by atoms with Crippen LogP contribution in [0.5, 0.6) is 5.75 Å². The van der Waals surface area contributed by atoms with E-state index in [0.29, 0.717) is 11.3 Å². The van der Waals surface area contributed by atoms with Crippen molar-refractivity contribution in [3.63, 3.8) is 0 Å². The van der Waals surface area contributed by atoms with Crippen LogP contribution in [0.3, 0.4) is 0 Å². The van der Waals surface area contributed by atoms with Gasteiger partial charge < -0.3 is 9.47 Å². The molecular formula is C20H17FN2O4. The summed E-state index contributed by atoms with van der Waals surface area (Å²) in [6.07, 6.45) is 0. The van der Waals surface area contributed by atoms with E-state index in [1.54, 1.807) is 49.4 Å². The highest BCUT2D eigenvalue weighted by atomic mass is 19.1. The lowest BCUT2D eigenvalue weighted by molar-refractivity contribution is 0.0511. The van der Waals surface area contributed by atoms with E-state index in [0.717, 1.165) is 4.68 Å². The molecule has 6 nitrogen and oxygen atoms in total. The molecule has 0 unspecified atom stereocenters. The Kier molecular flexibility index (Phi) is 5.61. The van der Waals surface area contributed by atoms with Gasteiger partial charge in [0, 0.05) is 0 Å². The number of carbonyl (C=O) groups excluding carboxylic acids is 1. The first-order chi connectivity index (χ1) is 13.1. The Balaban J connectivity index is 1.96. The first-order valence-electron chi connectivity index (χ1n) is 8.32. The molecule has 1 heterocycles. The quantitative estimate of drug-likeness (QED) is 0.625. The van der Waals surface area contributed by atoms with Crippen molar-refractivity contribution < 1.29 is 18.7 Å². The SMILES string of the molecule is CCOC(=O)c1nn(-c2ccccc2)c(=O)cc1OCc1ccc(F)cc1. The predicted molar refractivity (Wildman–Crippen MR) is 96.5 cm³/mol. The van der Waals surface area contributed by atoms with Crippen LogP contribution in [0.2, 0.25) is 0 Å². The van der Waals surface area contributed by atoms with Crippen molar-refractivity contribution >= 4 is 5.97 Å². The van der Waals surface area contributed by atoms with Crippen LogP contribution in [0, 0.1) is 5.82 Å². The number of benzene rings is 2. The van der Waals surface area contributed by atoms with Crippen molar-refractivity contribution in [3.8, 4) is 11.4 Å². The molecule has 2 aromatic carbocycles. The van der Waals surface area contributed by atoms with E-state index in [-0.39, 0.29) is 30.5 Å². The lowest BCUT2D eigenvalue weighted by Gasteiger charge is -2.12. The number of halogens is 1. The summed E-state index contributed by atoms with van der Waals surface area (Å²) in [5.74, 6) is -1.05. The molecular weight excluding hydrogens is 351 g/mol. The summed E-state index contributed by atoms with van der Waals surface area (Å²) in [4.78, 5) is 24.7. The van der Waals surface area contributed by atoms with Crippen LogP contribution >= 0.6 is 0 Å². The monoisotopic (exact) mass is 368 g/mol. The third-order valence-corrected chi connectivity index (χ3v) is 3.67. The van der Waals surface area contributed by atoms with E-state index in [2.05, 4.69) is 5.10 Å². The third-order valence-electron chi connectivity index (χ3n) is 3.67.